The Kier molecular flexibility index (Phi) is 4.94. The van der Waals surface area contributed by atoms with Crippen molar-refractivity contribution in [2.45, 2.75) is 6.54 Å². The molecule has 0 spiro atoms. The molecule has 7 heteroatoms. The van der Waals surface area contributed by atoms with E-state index in [4.69, 9.17) is 5.26 Å². The Bertz CT molecular complexity index is 741. The summed E-state index contributed by atoms with van der Waals surface area (Å²) in [6.45, 7) is 0.259. The Hall–Kier alpha value is -1.91. The zero-order valence-corrected chi connectivity index (χ0v) is 13.8. The van der Waals surface area contributed by atoms with Gasteiger partial charge in [0.25, 0.3) is 5.69 Å². The van der Waals surface area contributed by atoms with Gasteiger partial charge in [0, 0.05) is 27.1 Å². The predicted molar refractivity (Wildman–Crippen MR) is 87.0 cm³/mol. The van der Waals surface area contributed by atoms with Crippen LogP contribution in [0.15, 0.2) is 45.3 Å². The number of anilines is 1. The van der Waals surface area contributed by atoms with Crippen molar-refractivity contribution in [2.24, 2.45) is 0 Å². The van der Waals surface area contributed by atoms with Gasteiger partial charge in [-0.1, -0.05) is 31.9 Å². The Morgan fingerprint density at radius 3 is 2.52 bits per heavy atom. The van der Waals surface area contributed by atoms with Crippen LogP contribution in [0.3, 0.4) is 0 Å². The molecule has 2 aromatic rings. The third-order valence-corrected chi connectivity index (χ3v) is 3.80. The molecule has 0 unspecified atom stereocenters. The van der Waals surface area contributed by atoms with Gasteiger partial charge in [-0.15, -0.1) is 0 Å². The smallest absolute Gasteiger partial charge is 0.275 e. The van der Waals surface area contributed by atoms with Crippen LogP contribution in [0.2, 0.25) is 0 Å². The van der Waals surface area contributed by atoms with Crippen LogP contribution < -0.4 is 5.32 Å². The lowest BCUT2D eigenvalue weighted by atomic mass is 10.1. The number of nitriles is 1. The van der Waals surface area contributed by atoms with Crippen molar-refractivity contribution in [2.75, 3.05) is 5.32 Å². The Balaban J connectivity index is 2.27. The van der Waals surface area contributed by atoms with E-state index >= 15 is 0 Å². The maximum atomic E-state index is 11.1. The lowest BCUT2D eigenvalue weighted by molar-refractivity contribution is -0.385. The van der Waals surface area contributed by atoms with E-state index in [1.165, 1.54) is 6.07 Å². The van der Waals surface area contributed by atoms with Crippen LogP contribution in [0, 0.1) is 21.4 Å². The summed E-state index contributed by atoms with van der Waals surface area (Å²) in [5, 5.41) is 23.2. The molecule has 0 fully saturated rings. The van der Waals surface area contributed by atoms with Gasteiger partial charge in [-0.05, 0) is 30.3 Å². The first-order valence-corrected chi connectivity index (χ1v) is 7.46. The minimum Gasteiger partial charge on any atom is -0.380 e. The quantitative estimate of drug-likeness (QED) is 0.589. The van der Waals surface area contributed by atoms with Gasteiger partial charge in [-0.2, -0.15) is 5.26 Å². The fourth-order valence-electron chi connectivity index (χ4n) is 1.81. The van der Waals surface area contributed by atoms with E-state index in [1.54, 1.807) is 30.3 Å². The molecule has 0 saturated heterocycles. The van der Waals surface area contributed by atoms with Crippen molar-refractivity contribution in [3.05, 3.63) is 66.6 Å². The molecule has 0 heterocycles. The monoisotopic (exact) mass is 409 g/mol. The highest BCUT2D eigenvalue weighted by molar-refractivity contribution is 9.10. The second-order valence-corrected chi connectivity index (χ2v) is 6.02. The second kappa shape index (κ2) is 6.70. The van der Waals surface area contributed by atoms with Gasteiger partial charge in [0.15, 0.2) is 0 Å². The summed E-state index contributed by atoms with van der Waals surface area (Å²) in [6.07, 6.45) is 0. The van der Waals surface area contributed by atoms with Crippen molar-refractivity contribution < 1.29 is 4.92 Å². The molecule has 0 aliphatic carbocycles. The number of benzene rings is 2. The number of nitrogens with zero attached hydrogens (tertiary/aromatic N) is 2. The molecule has 5 nitrogen and oxygen atoms in total. The number of nitro benzene ring substituents is 1. The van der Waals surface area contributed by atoms with Gasteiger partial charge in [0.1, 0.15) is 6.07 Å². The fourth-order valence-corrected chi connectivity index (χ4v) is 2.52. The summed E-state index contributed by atoms with van der Waals surface area (Å²) in [5.74, 6) is 0. The molecule has 0 atom stereocenters. The number of nitro groups is 1. The molecule has 2 rings (SSSR count). The van der Waals surface area contributed by atoms with Gasteiger partial charge >= 0.3 is 0 Å². The molecule has 0 saturated carbocycles. The maximum absolute atomic E-state index is 11.1. The molecule has 0 amide bonds. The van der Waals surface area contributed by atoms with E-state index in [0.717, 1.165) is 4.47 Å². The zero-order chi connectivity index (χ0) is 15.4. The van der Waals surface area contributed by atoms with E-state index in [-0.39, 0.29) is 12.2 Å². The summed E-state index contributed by atoms with van der Waals surface area (Å²) in [6, 6.07) is 12.2. The summed E-state index contributed by atoms with van der Waals surface area (Å²) in [4.78, 5) is 10.6. The molecule has 106 valence electrons. The van der Waals surface area contributed by atoms with Crippen molar-refractivity contribution in [1.29, 1.82) is 5.26 Å². The molecule has 1 N–H and O–H groups in total. The third-order valence-electron chi connectivity index (χ3n) is 2.82. The number of hydrogen-bond acceptors (Lipinski definition) is 4. The first kappa shape index (κ1) is 15.5. The maximum Gasteiger partial charge on any atom is 0.275 e. The number of nitrogens with one attached hydrogen (secondary N) is 1. The molecule has 0 bridgehead atoms. The van der Waals surface area contributed by atoms with Crippen LogP contribution in [0.4, 0.5) is 11.4 Å². The highest BCUT2D eigenvalue weighted by Crippen LogP contribution is 2.26. The summed E-state index contributed by atoms with van der Waals surface area (Å²) >= 11 is 6.55. The average molecular weight is 411 g/mol. The predicted octanol–water partition coefficient (Wildman–Crippen LogP) is 4.60. The van der Waals surface area contributed by atoms with Crippen LogP contribution >= 0.6 is 31.9 Å². The lowest BCUT2D eigenvalue weighted by Crippen LogP contribution is -2.04. The highest BCUT2D eigenvalue weighted by atomic mass is 79.9. The molecule has 0 aliphatic heterocycles. The lowest BCUT2D eigenvalue weighted by Gasteiger charge is -2.09. The second-order valence-electron chi connectivity index (χ2n) is 4.19. The molecule has 0 radical (unpaired) electrons. The molecule has 0 aromatic heterocycles. The van der Waals surface area contributed by atoms with Gasteiger partial charge in [0.05, 0.1) is 16.2 Å². The van der Waals surface area contributed by atoms with E-state index in [2.05, 4.69) is 43.2 Å². The fraction of sp³-hybridized carbons (Fsp3) is 0.0714. The first-order chi connectivity index (χ1) is 10.0. The normalized spacial score (nSPS) is 9.95. The van der Waals surface area contributed by atoms with Crippen LogP contribution in [0.1, 0.15) is 11.1 Å². The topological polar surface area (TPSA) is 79.0 Å². The number of rotatable bonds is 4. The summed E-state index contributed by atoms with van der Waals surface area (Å²) in [7, 11) is 0. The number of hydrogen-bond donors (Lipinski definition) is 1. The zero-order valence-electron chi connectivity index (χ0n) is 10.6. The Labute approximate surface area is 138 Å². The molecule has 21 heavy (non-hydrogen) atoms. The van der Waals surface area contributed by atoms with Crippen molar-refractivity contribution in [1.82, 2.24) is 0 Å². The van der Waals surface area contributed by atoms with E-state index in [0.29, 0.717) is 21.3 Å². The SMILES string of the molecule is N#Cc1ccc(Br)cc1NCc1ccc(Br)cc1[N+](=O)[O-]. The van der Waals surface area contributed by atoms with Crippen molar-refractivity contribution >= 4 is 43.2 Å². The third kappa shape index (κ3) is 3.80. The minimum absolute atomic E-state index is 0.0328. The van der Waals surface area contributed by atoms with Crippen LogP contribution in [0.5, 0.6) is 0 Å². The van der Waals surface area contributed by atoms with E-state index < -0.39 is 4.92 Å². The Morgan fingerprint density at radius 1 is 1.19 bits per heavy atom. The minimum atomic E-state index is -0.423. The molecule has 0 aliphatic rings. The van der Waals surface area contributed by atoms with Crippen molar-refractivity contribution in [3.8, 4) is 6.07 Å². The molecule has 2 aromatic carbocycles. The highest BCUT2D eigenvalue weighted by Gasteiger charge is 2.14. The molecular formula is C14H9Br2N3O2. The average Bonchev–Trinajstić information content (AvgIpc) is 2.46. The van der Waals surface area contributed by atoms with Gasteiger partial charge < -0.3 is 5.32 Å². The van der Waals surface area contributed by atoms with Gasteiger partial charge in [-0.3, -0.25) is 10.1 Å². The van der Waals surface area contributed by atoms with Crippen LogP contribution in [-0.4, -0.2) is 4.92 Å². The van der Waals surface area contributed by atoms with E-state index in [9.17, 15) is 10.1 Å². The van der Waals surface area contributed by atoms with Gasteiger partial charge in [0.2, 0.25) is 0 Å². The summed E-state index contributed by atoms with van der Waals surface area (Å²) < 4.78 is 1.48. The van der Waals surface area contributed by atoms with Crippen LogP contribution in [0.25, 0.3) is 0 Å². The molecular weight excluding hydrogens is 402 g/mol. The van der Waals surface area contributed by atoms with E-state index in [1.807, 2.05) is 0 Å². The summed E-state index contributed by atoms with van der Waals surface area (Å²) in [5.41, 5.74) is 1.69. The Morgan fingerprint density at radius 2 is 1.86 bits per heavy atom. The first-order valence-electron chi connectivity index (χ1n) is 5.87. The number of halogens is 2. The standard InChI is InChI=1S/C14H9Br2N3O2/c15-11-3-1-9(7-17)13(5-11)18-8-10-2-4-12(16)6-14(10)19(20)21/h1-6,18H,8H2. The van der Waals surface area contributed by atoms with Crippen LogP contribution in [-0.2, 0) is 6.54 Å². The largest absolute Gasteiger partial charge is 0.380 e. The van der Waals surface area contributed by atoms with Crippen molar-refractivity contribution in [3.63, 3.8) is 0 Å². The van der Waals surface area contributed by atoms with Gasteiger partial charge in [-0.25, -0.2) is 0 Å².